The van der Waals surface area contributed by atoms with E-state index in [4.69, 9.17) is 0 Å². The first-order valence-corrected chi connectivity index (χ1v) is 5.18. The summed E-state index contributed by atoms with van der Waals surface area (Å²) in [6.45, 7) is 0. The second-order valence-corrected chi connectivity index (χ2v) is 4.23. The maximum atomic E-state index is 11.1. The van der Waals surface area contributed by atoms with Gasteiger partial charge in [0.2, 0.25) is 0 Å². The van der Waals surface area contributed by atoms with Gasteiger partial charge in [0.15, 0.2) is 0 Å². The van der Waals surface area contributed by atoms with Crippen LogP contribution in [0, 0.1) is 0 Å². The summed E-state index contributed by atoms with van der Waals surface area (Å²) in [5.41, 5.74) is 1.22. The van der Waals surface area contributed by atoms with Crippen molar-refractivity contribution in [2.24, 2.45) is 0 Å². The lowest BCUT2D eigenvalue weighted by Crippen LogP contribution is -1.95. The van der Waals surface area contributed by atoms with Crippen molar-refractivity contribution < 1.29 is 4.79 Å². The van der Waals surface area contributed by atoms with Crippen molar-refractivity contribution in [1.82, 2.24) is 4.98 Å². The highest BCUT2D eigenvalue weighted by Crippen LogP contribution is 2.35. The van der Waals surface area contributed by atoms with Crippen LogP contribution in [-0.2, 0) is 4.79 Å². The van der Waals surface area contributed by atoms with Crippen molar-refractivity contribution in [2.75, 3.05) is 0 Å². The molecule has 13 heavy (non-hydrogen) atoms. The van der Waals surface area contributed by atoms with Crippen LogP contribution in [0.1, 0.15) is 30.7 Å². The molecule has 0 radical (unpaired) electrons. The number of pyridine rings is 1. The average Bonchev–Trinajstić information content (AvgIpc) is 2.53. The molecule has 0 amide bonds. The Morgan fingerprint density at radius 2 is 2.38 bits per heavy atom. The summed E-state index contributed by atoms with van der Waals surface area (Å²) < 4.78 is 1.02. The zero-order valence-corrected chi connectivity index (χ0v) is 8.75. The number of carbonyl (C=O) groups is 1. The number of carbonyl (C=O) groups excluding carboxylic acids is 1. The Labute approximate surface area is 85.5 Å². The molecule has 0 spiro atoms. The topological polar surface area (TPSA) is 30.0 Å². The first kappa shape index (κ1) is 8.88. The third-order valence-corrected chi connectivity index (χ3v) is 3.15. The molecule has 0 bridgehead atoms. The van der Waals surface area contributed by atoms with Crippen molar-refractivity contribution in [3.8, 4) is 0 Å². The quantitative estimate of drug-likeness (QED) is 0.755. The SMILES string of the molecule is O=C1CCC(c2ccncc2Br)C1. The Kier molecular flexibility index (Phi) is 2.44. The molecule has 1 aromatic rings. The Hall–Kier alpha value is -0.700. The molecule has 2 nitrogen and oxygen atoms in total. The van der Waals surface area contributed by atoms with E-state index in [0.29, 0.717) is 18.1 Å². The van der Waals surface area contributed by atoms with E-state index in [-0.39, 0.29) is 0 Å². The summed E-state index contributed by atoms with van der Waals surface area (Å²) in [5.74, 6) is 0.790. The lowest BCUT2D eigenvalue weighted by molar-refractivity contribution is -0.117. The smallest absolute Gasteiger partial charge is 0.133 e. The third kappa shape index (κ3) is 1.80. The van der Waals surface area contributed by atoms with Crippen molar-refractivity contribution in [3.05, 3.63) is 28.5 Å². The molecule has 1 aromatic heterocycles. The Balaban J connectivity index is 2.26. The molecule has 1 fully saturated rings. The molecular formula is C10H10BrNO. The number of ketones is 1. The van der Waals surface area contributed by atoms with Crippen LogP contribution >= 0.6 is 15.9 Å². The fourth-order valence-corrected chi connectivity index (χ4v) is 2.37. The van der Waals surface area contributed by atoms with E-state index < -0.39 is 0 Å². The number of rotatable bonds is 1. The fourth-order valence-electron chi connectivity index (χ4n) is 1.80. The Morgan fingerprint density at radius 3 is 3.00 bits per heavy atom. The molecule has 68 valence electrons. The number of halogens is 1. The van der Waals surface area contributed by atoms with Gasteiger partial charge in [-0.2, -0.15) is 0 Å². The van der Waals surface area contributed by atoms with E-state index in [9.17, 15) is 4.79 Å². The maximum Gasteiger partial charge on any atom is 0.133 e. The molecule has 1 saturated carbocycles. The molecule has 1 atom stereocenters. The van der Waals surface area contributed by atoms with Crippen molar-refractivity contribution in [3.63, 3.8) is 0 Å². The van der Waals surface area contributed by atoms with Gasteiger partial charge >= 0.3 is 0 Å². The van der Waals surface area contributed by atoms with Crippen LogP contribution in [0.3, 0.4) is 0 Å². The molecule has 0 aliphatic heterocycles. The first-order chi connectivity index (χ1) is 6.27. The van der Waals surface area contributed by atoms with Crippen molar-refractivity contribution in [2.45, 2.75) is 25.2 Å². The zero-order valence-electron chi connectivity index (χ0n) is 7.16. The monoisotopic (exact) mass is 239 g/mol. The molecule has 1 aliphatic carbocycles. The Morgan fingerprint density at radius 1 is 1.54 bits per heavy atom. The van der Waals surface area contributed by atoms with Crippen LogP contribution < -0.4 is 0 Å². The lowest BCUT2D eigenvalue weighted by Gasteiger charge is -2.09. The minimum atomic E-state index is 0.383. The van der Waals surface area contributed by atoms with Gasteiger partial charge in [-0.1, -0.05) is 0 Å². The molecule has 1 aliphatic rings. The summed E-state index contributed by atoms with van der Waals surface area (Å²) in [5, 5.41) is 0. The van der Waals surface area contributed by atoms with Gasteiger partial charge in [0, 0.05) is 29.7 Å². The van der Waals surface area contributed by atoms with Gasteiger partial charge in [-0.3, -0.25) is 9.78 Å². The molecule has 1 unspecified atom stereocenters. The number of hydrogen-bond acceptors (Lipinski definition) is 2. The zero-order chi connectivity index (χ0) is 9.26. The number of Topliss-reactive ketones (excluding diaryl/α,β-unsaturated/α-hetero) is 1. The van der Waals surface area contributed by atoms with Crippen LogP contribution in [0.4, 0.5) is 0 Å². The summed E-state index contributed by atoms with van der Waals surface area (Å²) in [6, 6.07) is 1.99. The number of nitrogens with zero attached hydrogens (tertiary/aromatic N) is 1. The second-order valence-electron chi connectivity index (χ2n) is 3.38. The highest BCUT2D eigenvalue weighted by molar-refractivity contribution is 9.10. The predicted molar refractivity (Wildman–Crippen MR) is 53.5 cm³/mol. The molecule has 0 saturated heterocycles. The van der Waals surface area contributed by atoms with Gasteiger partial charge in [0.05, 0.1) is 0 Å². The second kappa shape index (κ2) is 3.58. The largest absolute Gasteiger partial charge is 0.300 e. The van der Waals surface area contributed by atoms with Crippen LogP contribution in [0.15, 0.2) is 22.9 Å². The third-order valence-electron chi connectivity index (χ3n) is 2.49. The van der Waals surface area contributed by atoms with E-state index in [1.54, 1.807) is 12.4 Å². The molecule has 0 aromatic carbocycles. The van der Waals surface area contributed by atoms with Gasteiger partial charge in [0.1, 0.15) is 5.78 Å². The van der Waals surface area contributed by atoms with Crippen LogP contribution in [-0.4, -0.2) is 10.8 Å². The lowest BCUT2D eigenvalue weighted by atomic mass is 9.99. The van der Waals surface area contributed by atoms with Crippen LogP contribution in [0.5, 0.6) is 0 Å². The highest BCUT2D eigenvalue weighted by Gasteiger charge is 2.24. The highest BCUT2D eigenvalue weighted by atomic mass is 79.9. The first-order valence-electron chi connectivity index (χ1n) is 4.38. The minimum absolute atomic E-state index is 0.383. The van der Waals surface area contributed by atoms with Gasteiger partial charge in [-0.05, 0) is 39.9 Å². The van der Waals surface area contributed by atoms with E-state index in [1.807, 2.05) is 6.07 Å². The van der Waals surface area contributed by atoms with Crippen molar-refractivity contribution >= 4 is 21.7 Å². The van der Waals surface area contributed by atoms with Crippen LogP contribution in [0.2, 0.25) is 0 Å². The Bertz CT molecular complexity index is 337. The van der Waals surface area contributed by atoms with E-state index in [0.717, 1.165) is 17.3 Å². The fraction of sp³-hybridized carbons (Fsp3) is 0.400. The van der Waals surface area contributed by atoms with E-state index in [1.165, 1.54) is 5.56 Å². The average molecular weight is 240 g/mol. The molecule has 1 heterocycles. The minimum Gasteiger partial charge on any atom is -0.300 e. The summed E-state index contributed by atoms with van der Waals surface area (Å²) in [7, 11) is 0. The maximum absolute atomic E-state index is 11.1. The molecule has 0 N–H and O–H groups in total. The summed E-state index contributed by atoms with van der Waals surface area (Å²) >= 11 is 3.45. The van der Waals surface area contributed by atoms with Gasteiger partial charge in [0.25, 0.3) is 0 Å². The van der Waals surface area contributed by atoms with Crippen molar-refractivity contribution in [1.29, 1.82) is 0 Å². The normalized spacial score (nSPS) is 22.2. The van der Waals surface area contributed by atoms with Gasteiger partial charge in [-0.15, -0.1) is 0 Å². The molecular weight excluding hydrogens is 230 g/mol. The number of aromatic nitrogens is 1. The van der Waals surface area contributed by atoms with Gasteiger partial charge in [-0.25, -0.2) is 0 Å². The summed E-state index contributed by atoms with van der Waals surface area (Å²) in [4.78, 5) is 15.1. The van der Waals surface area contributed by atoms with Gasteiger partial charge < -0.3 is 0 Å². The van der Waals surface area contributed by atoms with Crippen LogP contribution in [0.25, 0.3) is 0 Å². The molecule has 3 heteroatoms. The standard InChI is InChI=1S/C10H10BrNO/c11-10-6-12-4-3-9(10)7-1-2-8(13)5-7/h3-4,6-7H,1-2,5H2. The van der Waals surface area contributed by atoms with E-state index in [2.05, 4.69) is 20.9 Å². The molecule has 2 rings (SSSR count). The predicted octanol–water partition coefficient (Wildman–Crippen LogP) is 2.68. The number of hydrogen-bond donors (Lipinski definition) is 0. The van der Waals surface area contributed by atoms with E-state index >= 15 is 0 Å². The summed E-state index contributed by atoms with van der Waals surface area (Å²) in [6.07, 6.45) is 5.99.